The molecule has 0 N–H and O–H groups in total. The fraction of sp³-hybridized carbons (Fsp3) is 0.571. The fourth-order valence-electron chi connectivity index (χ4n) is 3.11. The van der Waals surface area contributed by atoms with Gasteiger partial charge in [0.2, 0.25) is 0 Å². The van der Waals surface area contributed by atoms with E-state index in [0.717, 1.165) is 0 Å². The highest BCUT2D eigenvalue weighted by atomic mass is 16.7. The van der Waals surface area contributed by atoms with E-state index in [0.29, 0.717) is 0 Å². The lowest BCUT2D eigenvalue weighted by atomic mass is 9.90. The Morgan fingerprint density at radius 1 is 0.293 bits per heavy atom. The van der Waals surface area contributed by atoms with Crippen molar-refractivity contribution in [3.8, 4) is 0 Å². The monoisotopic (exact) mass is 590 g/mol. The third-order valence-corrected chi connectivity index (χ3v) is 4.88. The maximum absolute atomic E-state index is 6.26. The molecule has 13 nitrogen and oxygen atoms in total. The van der Waals surface area contributed by atoms with Crippen LogP contribution in [0.15, 0.2) is 77.0 Å². The number of rotatable bonds is 34. The Hall–Kier alpha value is -3.04. The maximum atomic E-state index is 6.26. The molecule has 0 aliphatic carbocycles. The molecule has 0 aromatic carbocycles. The Morgan fingerprint density at radius 2 is 0.463 bits per heavy atom. The summed E-state index contributed by atoms with van der Waals surface area (Å²) in [5, 5.41) is 0. The van der Waals surface area contributed by atoms with Crippen molar-refractivity contribution in [1.82, 2.24) is 0 Å². The van der Waals surface area contributed by atoms with E-state index < -0.39 is 10.8 Å². The van der Waals surface area contributed by atoms with Gasteiger partial charge in [0, 0.05) is 0 Å². The van der Waals surface area contributed by atoms with Crippen LogP contribution in [-0.2, 0) is 61.6 Å². The quantitative estimate of drug-likeness (QED) is 0.0615. The molecule has 0 amide bonds. The molecule has 0 rings (SSSR count). The van der Waals surface area contributed by atoms with Gasteiger partial charge in [-0.05, 0) is 0 Å². The highest BCUT2D eigenvalue weighted by Gasteiger charge is 2.37. The average molecular weight is 591 g/mol. The van der Waals surface area contributed by atoms with Gasteiger partial charge in [0.25, 0.3) is 0 Å². The molecule has 0 aromatic rings. The minimum absolute atomic E-state index is 0.0348. The topological polar surface area (TPSA) is 120 Å². The van der Waals surface area contributed by atoms with Crippen LogP contribution in [0, 0.1) is 10.8 Å². The lowest BCUT2D eigenvalue weighted by molar-refractivity contribution is -0.181. The van der Waals surface area contributed by atoms with Crippen molar-refractivity contribution in [1.29, 1.82) is 0 Å². The number of ether oxygens (including phenoxy) is 13. The van der Waals surface area contributed by atoms with Crippen LogP contribution >= 0.6 is 0 Å². The van der Waals surface area contributed by atoms with E-state index in [1.165, 1.54) is 37.6 Å². The highest BCUT2D eigenvalue weighted by Crippen LogP contribution is 2.25. The van der Waals surface area contributed by atoms with Crippen molar-refractivity contribution < 1.29 is 61.6 Å². The van der Waals surface area contributed by atoms with Gasteiger partial charge in [0.1, 0.15) is 0 Å². The second-order valence-corrected chi connectivity index (χ2v) is 8.29. The first-order valence-electron chi connectivity index (χ1n) is 12.5. The molecular weight excluding hydrogens is 544 g/mol. The molecule has 0 unspecified atom stereocenters. The minimum atomic E-state index is -0.822. The molecule has 0 heterocycles. The summed E-state index contributed by atoms with van der Waals surface area (Å²) in [6.07, 6.45) is 7.65. The van der Waals surface area contributed by atoms with Crippen LogP contribution in [0.4, 0.5) is 0 Å². The standard InChI is InChI=1S/C28H46O13/c1-7-29-21-36-15-27(16-37-22-30-8-2,17-38-23-31-9-3)13-35-14-28(18-39-24-32-10-4,19-40-25-33-11-5)20-41-26-34-12-6/h7-12H,1-6,13-26H2. The predicted octanol–water partition coefficient (Wildman–Crippen LogP) is 3.78. The van der Waals surface area contributed by atoms with Gasteiger partial charge in [-0.25, -0.2) is 0 Å². The molecule has 236 valence electrons. The van der Waals surface area contributed by atoms with Crippen LogP contribution in [0.25, 0.3) is 0 Å². The van der Waals surface area contributed by atoms with E-state index in [2.05, 4.69) is 39.5 Å². The van der Waals surface area contributed by atoms with E-state index in [-0.39, 0.29) is 93.6 Å². The van der Waals surface area contributed by atoms with Gasteiger partial charge in [-0.3, -0.25) is 0 Å². The first kappa shape index (κ1) is 38.0. The summed E-state index contributed by atoms with van der Waals surface area (Å²) in [5.41, 5.74) is -1.64. The van der Waals surface area contributed by atoms with Gasteiger partial charge in [-0.1, -0.05) is 39.5 Å². The molecule has 0 aliphatic rings. The lowest BCUT2D eigenvalue weighted by Gasteiger charge is -2.36. The number of hydrogen-bond donors (Lipinski definition) is 0. The Bertz CT molecular complexity index is 548. The van der Waals surface area contributed by atoms with Gasteiger partial charge in [-0.15, -0.1) is 0 Å². The minimum Gasteiger partial charge on any atom is -0.476 e. The second-order valence-electron chi connectivity index (χ2n) is 8.29. The van der Waals surface area contributed by atoms with Gasteiger partial charge in [-0.2, -0.15) is 0 Å². The maximum Gasteiger partial charge on any atom is 0.188 e. The third kappa shape index (κ3) is 20.5. The Morgan fingerprint density at radius 3 is 0.634 bits per heavy atom. The van der Waals surface area contributed by atoms with Crippen molar-refractivity contribution in [2.24, 2.45) is 10.8 Å². The summed E-state index contributed by atoms with van der Waals surface area (Å²) in [5.74, 6) is 0. The van der Waals surface area contributed by atoms with Crippen LogP contribution in [0.2, 0.25) is 0 Å². The van der Waals surface area contributed by atoms with Gasteiger partial charge in [0.15, 0.2) is 40.8 Å². The van der Waals surface area contributed by atoms with Gasteiger partial charge >= 0.3 is 0 Å². The van der Waals surface area contributed by atoms with E-state index in [4.69, 9.17) is 61.6 Å². The molecule has 0 saturated carbocycles. The summed E-state index contributed by atoms with van der Waals surface area (Å²) >= 11 is 0. The average Bonchev–Trinajstić information content (AvgIpc) is 2.98. The molecule has 0 aliphatic heterocycles. The summed E-state index contributed by atoms with van der Waals surface area (Å²) < 4.78 is 71.1. The van der Waals surface area contributed by atoms with E-state index in [1.54, 1.807) is 0 Å². The smallest absolute Gasteiger partial charge is 0.188 e. The summed E-state index contributed by atoms with van der Waals surface area (Å²) in [6.45, 7) is 21.9. The zero-order chi connectivity index (χ0) is 30.3. The van der Waals surface area contributed by atoms with E-state index in [9.17, 15) is 0 Å². The molecule has 41 heavy (non-hydrogen) atoms. The van der Waals surface area contributed by atoms with Crippen LogP contribution < -0.4 is 0 Å². The van der Waals surface area contributed by atoms with Crippen LogP contribution in [0.1, 0.15) is 0 Å². The summed E-state index contributed by atoms with van der Waals surface area (Å²) in [4.78, 5) is 0. The largest absolute Gasteiger partial charge is 0.476 e. The Kier molecular flexibility index (Phi) is 25.1. The molecule has 0 spiro atoms. The highest BCUT2D eigenvalue weighted by molar-refractivity contribution is 4.83. The lowest BCUT2D eigenvalue weighted by Crippen LogP contribution is -2.46. The molecule has 0 bridgehead atoms. The van der Waals surface area contributed by atoms with Crippen LogP contribution in [0.3, 0.4) is 0 Å². The normalized spacial score (nSPS) is 11.1. The van der Waals surface area contributed by atoms with Crippen molar-refractivity contribution in [3.05, 3.63) is 77.0 Å². The molecular formula is C28H46O13. The predicted molar refractivity (Wildman–Crippen MR) is 148 cm³/mol. The zero-order valence-electron chi connectivity index (χ0n) is 23.9. The molecule has 0 fully saturated rings. The molecule has 0 atom stereocenters. The third-order valence-electron chi connectivity index (χ3n) is 4.88. The molecule has 0 radical (unpaired) electrons. The Labute approximate surface area is 243 Å². The van der Waals surface area contributed by atoms with E-state index >= 15 is 0 Å². The zero-order valence-corrected chi connectivity index (χ0v) is 23.9. The van der Waals surface area contributed by atoms with Crippen molar-refractivity contribution in [2.45, 2.75) is 0 Å². The first-order chi connectivity index (χ1) is 20.1. The first-order valence-corrected chi connectivity index (χ1v) is 12.5. The summed E-state index contributed by atoms with van der Waals surface area (Å²) in [7, 11) is 0. The van der Waals surface area contributed by atoms with Crippen molar-refractivity contribution in [2.75, 3.05) is 93.6 Å². The van der Waals surface area contributed by atoms with Crippen LogP contribution in [-0.4, -0.2) is 93.6 Å². The van der Waals surface area contributed by atoms with Gasteiger partial charge in [0.05, 0.1) is 101 Å². The molecule has 0 saturated heterocycles. The van der Waals surface area contributed by atoms with E-state index in [1.807, 2.05) is 0 Å². The summed E-state index contributed by atoms with van der Waals surface area (Å²) in [6, 6.07) is 0. The van der Waals surface area contributed by atoms with Gasteiger partial charge < -0.3 is 61.6 Å². The fourth-order valence-corrected chi connectivity index (χ4v) is 3.11. The van der Waals surface area contributed by atoms with Crippen molar-refractivity contribution >= 4 is 0 Å². The number of hydrogen-bond acceptors (Lipinski definition) is 13. The Balaban J connectivity index is 5.78. The SMILES string of the molecule is C=COCOCC(COCOC=C)(COCOC=C)COCC(COCOC=C)(COCOC=C)COCOC=C. The molecule has 0 aromatic heterocycles. The van der Waals surface area contributed by atoms with Crippen molar-refractivity contribution in [3.63, 3.8) is 0 Å². The second kappa shape index (κ2) is 27.1. The van der Waals surface area contributed by atoms with Crippen LogP contribution in [0.5, 0.6) is 0 Å². The molecule has 13 heteroatoms.